The molecule has 1 aromatic carbocycles. The zero-order valence-electron chi connectivity index (χ0n) is 21.2. The van der Waals surface area contributed by atoms with Gasteiger partial charge in [0, 0.05) is 35.2 Å². The Balaban J connectivity index is 1.29. The Hall–Kier alpha value is -2.18. The van der Waals surface area contributed by atoms with Crippen molar-refractivity contribution in [1.29, 1.82) is 0 Å². The highest BCUT2D eigenvalue weighted by Crippen LogP contribution is 2.39. The van der Waals surface area contributed by atoms with E-state index in [4.69, 9.17) is 0 Å². The first kappa shape index (κ1) is 23.6. The molecule has 0 spiro atoms. The van der Waals surface area contributed by atoms with Crippen LogP contribution in [-0.4, -0.2) is 63.7 Å². The number of benzene rings is 1. The zero-order valence-corrected chi connectivity index (χ0v) is 21.2. The molecule has 2 aromatic heterocycles. The second kappa shape index (κ2) is 9.82. The van der Waals surface area contributed by atoms with Crippen LogP contribution in [0.25, 0.3) is 22.2 Å². The van der Waals surface area contributed by atoms with E-state index in [2.05, 4.69) is 58.7 Å². The maximum atomic E-state index is 15.3. The van der Waals surface area contributed by atoms with Gasteiger partial charge < -0.3 is 14.8 Å². The molecule has 0 radical (unpaired) electrons. The van der Waals surface area contributed by atoms with Gasteiger partial charge in [0.25, 0.3) is 0 Å². The van der Waals surface area contributed by atoms with Gasteiger partial charge in [-0.3, -0.25) is 5.10 Å². The Morgan fingerprint density at radius 3 is 2.38 bits per heavy atom. The number of hydrogen-bond acceptors (Lipinski definition) is 3. The summed E-state index contributed by atoms with van der Waals surface area (Å²) < 4.78 is 15.3. The summed E-state index contributed by atoms with van der Waals surface area (Å²) in [6.45, 7) is 14.9. The van der Waals surface area contributed by atoms with Gasteiger partial charge in [0.05, 0.1) is 11.9 Å². The molecule has 2 aliphatic heterocycles. The number of halogens is 1. The molecule has 5 rings (SSSR count). The number of H-pyrrole nitrogens is 2. The number of fused-ring (bicyclic) bond motifs is 1. The third-order valence-corrected chi connectivity index (χ3v) is 8.24. The minimum atomic E-state index is -0.0673. The average Bonchev–Trinajstić information content (AvgIpc) is 3.47. The van der Waals surface area contributed by atoms with Gasteiger partial charge in [-0.1, -0.05) is 13.8 Å². The van der Waals surface area contributed by atoms with Crippen molar-refractivity contribution in [2.24, 2.45) is 5.92 Å². The monoisotopic (exact) mass is 465 g/mol. The largest absolute Gasteiger partial charge is 0.354 e. The zero-order chi connectivity index (χ0) is 23.8. The Labute approximate surface area is 203 Å². The molecule has 5 nitrogen and oxygen atoms in total. The molecule has 3 aromatic rings. The van der Waals surface area contributed by atoms with Crippen LogP contribution >= 0.6 is 0 Å². The molecule has 0 atom stereocenters. The molecule has 4 heterocycles. The summed E-state index contributed by atoms with van der Waals surface area (Å²) >= 11 is 0. The highest BCUT2D eigenvalue weighted by atomic mass is 19.1. The van der Waals surface area contributed by atoms with Crippen LogP contribution in [0.1, 0.15) is 76.3 Å². The SMILES string of the molecule is CC(C)c1c(-c2cn[nH]c2)[nH]c2cc(F)c(C3CCN(CC4CCN(C(C)C)CC4)CC3)cc12. The second-order valence-corrected chi connectivity index (χ2v) is 11.1. The predicted octanol–water partition coefficient (Wildman–Crippen LogP) is 6.12. The van der Waals surface area contributed by atoms with E-state index in [1.165, 1.54) is 38.0 Å². The van der Waals surface area contributed by atoms with Crippen molar-refractivity contribution in [2.45, 2.75) is 71.3 Å². The number of hydrogen-bond donors (Lipinski definition) is 2. The van der Waals surface area contributed by atoms with E-state index < -0.39 is 0 Å². The summed E-state index contributed by atoms with van der Waals surface area (Å²) in [4.78, 5) is 8.71. The van der Waals surface area contributed by atoms with Crippen molar-refractivity contribution in [3.05, 3.63) is 41.5 Å². The molecule has 2 fully saturated rings. The van der Waals surface area contributed by atoms with Gasteiger partial charge in [-0.15, -0.1) is 0 Å². The van der Waals surface area contributed by atoms with E-state index in [9.17, 15) is 0 Å². The predicted molar refractivity (Wildman–Crippen MR) is 138 cm³/mol. The van der Waals surface area contributed by atoms with Crippen molar-refractivity contribution in [3.63, 3.8) is 0 Å². The highest BCUT2D eigenvalue weighted by Gasteiger charge is 2.28. The van der Waals surface area contributed by atoms with E-state index in [0.29, 0.717) is 17.9 Å². The van der Waals surface area contributed by atoms with Gasteiger partial charge in [-0.05, 0) is 107 Å². The maximum absolute atomic E-state index is 15.3. The molecule has 2 saturated heterocycles. The van der Waals surface area contributed by atoms with Gasteiger partial charge in [-0.25, -0.2) is 4.39 Å². The summed E-state index contributed by atoms with van der Waals surface area (Å²) in [5.41, 5.74) is 5.11. The number of nitrogens with one attached hydrogen (secondary N) is 2. The molecule has 6 heteroatoms. The Morgan fingerprint density at radius 1 is 1.03 bits per heavy atom. The smallest absolute Gasteiger partial charge is 0.128 e. The van der Waals surface area contributed by atoms with Crippen LogP contribution < -0.4 is 0 Å². The summed E-state index contributed by atoms with van der Waals surface area (Å²) in [6, 6.07) is 4.52. The summed E-state index contributed by atoms with van der Waals surface area (Å²) in [7, 11) is 0. The topological polar surface area (TPSA) is 51.0 Å². The van der Waals surface area contributed by atoms with E-state index in [0.717, 1.165) is 59.6 Å². The van der Waals surface area contributed by atoms with Crippen molar-refractivity contribution in [3.8, 4) is 11.3 Å². The summed E-state index contributed by atoms with van der Waals surface area (Å²) in [6.07, 6.45) is 8.45. The molecular weight excluding hydrogens is 425 g/mol. The van der Waals surface area contributed by atoms with Crippen molar-refractivity contribution >= 4 is 10.9 Å². The summed E-state index contributed by atoms with van der Waals surface area (Å²) in [5, 5.41) is 8.17. The third kappa shape index (κ3) is 4.67. The minimum Gasteiger partial charge on any atom is -0.354 e. The number of piperidine rings is 2. The van der Waals surface area contributed by atoms with Gasteiger partial charge in [0.1, 0.15) is 5.82 Å². The van der Waals surface area contributed by atoms with Gasteiger partial charge in [-0.2, -0.15) is 5.10 Å². The molecular formula is C28H40FN5. The standard InChI is InChI=1S/C28H40FN5/c1-18(2)27-24-13-23(25(29)14-26(24)32-28(27)22-15-30-31-16-22)21-7-9-33(10-8-21)17-20-5-11-34(12-6-20)19(3)4/h13-16,18-21,32H,5-12,17H2,1-4H3,(H,30,31). The Bertz CT molecular complexity index is 1080. The molecule has 0 aliphatic carbocycles. The van der Waals surface area contributed by atoms with Gasteiger partial charge in [0.15, 0.2) is 0 Å². The normalized spacial score (nSPS) is 19.7. The molecule has 0 bridgehead atoms. The molecule has 0 unspecified atom stereocenters. The lowest BCUT2D eigenvalue weighted by atomic mass is 9.86. The Morgan fingerprint density at radius 2 is 1.76 bits per heavy atom. The highest BCUT2D eigenvalue weighted by molar-refractivity contribution is 5.92. The fraction of sp³-hybridized carbons (Fsp3) is 0.607. The van der Waals surface area contributed by atoms with Crippen LogP contribution in [0.5, 0.6) is 0 Å². The molecule has 34 heavy (non-hydrogen) atoms. The number of nitrogens with zero attached hydrogens (tertiary/aromatic N) is 3. The van der Waals surface area contributed by atoms with Crippen LogP contribution in [0.15, 0.2) is 24.5 Å². The first-order valence-corrected chi connectivity index (χ1v) is 13.2. The van der Waals surface area contributed by atoms with Crippen molar-refractivity contribution in [1.82, 2.24) is 25.0 Å². The van der Waals surface area contributed by atoms with Crippen molar-refractivity contribution in [2.75, 3.05) is 32.7 Å². The molecule has 0 saturated carbocycles. The van der Waals surface area contributed by atoms with Crippen LogP contribution in [0.2, 0.25) is 0 Å². The van der Waals surface area contributed by atoms with Crippen LogP contribution in [0.3, 0.4) is 0 Å². The minimum absolute atomic E-state index is 0.0673. The lowest BCUT2D eigenvalue weighted by Gasteiger charge is -2.39. The lowest BCUT2D eigenvalue weighted by molar-refractivity contribution is 0.110. The van der Waals surface area contributed by atoms with E-state index >= 15 is 4.39 Å². The molecule has 2 N–H and O–H groups in total. The summed E-state index contributed by atoms with van der Waals surface area (Å²) in [5.74, 6) is 1.38. The van der Waals surface area contributed by atoms with Crippen LogP contribution in [-0.2, 0) is 0 Å². The number of aromatic nitrogens is 3. The third-order valence-electron chi connectivity index (χ3n) is 8.24. The quantitative estimate of drug-likeness (QED) is 0.461. The first-order valence-electron chi connectivity index (χ1n) is 13.2. The van der Waals surface area contributed by atoms with Gasteiger partial charge in [0.2, 0.25) is 0 Å². The fourth-order valence-corrected chi connectivity index (χ4v) is 6.22. The number of aromatic amines is 2. The first-order chi connectivity index (χ1) is 16.4. The maximum Gasteiger partial charge on any atom is 0.128 e. The average molecular weight is 466 g/mol. The molecule has 2 aliphatic rings. The van der Waals surface area contributed by atoms with Crippen LogP contribution in [0, 0.1) is 11.7 Å². The van der Waals surface area contributed by atoms with E-state index in [-0.39, 0.29) is 5.82 Å². The Kier molecular flexibility index (Phi) is 6.81. The van der Waals surface area contributed by atoms with Crippen molar-refractivity contribution < 1.29 is 4.39 Å². The van der Waals surface area contributed by atoms with Crippen LogP contribution in [0.4, 0.5) is 4.39 Å². The van der Waals surface area contributed by atoms with E-state index in [1.807, 2.05) is 12.4 Å². The van der Waals surface area contributed by atoms with E-state index in [1.54, 1.807) is 6.07 Å². The fourth-order valence-electron chi connectivity index (χ4n) is 6.22. The second-order valence-electron chi connectivity index (χ2n) is 11.1. The molecule has 0 amide bonds. The lowest BCUT2D eigenvalue weighted by Crippen LogP contribution is -2.43. The number of rotatable bonds is 6. The van der Waals surface area contributed by atoms with Gasteiger partial charge >= 0.3 is 0 Å². The number of likely N-dealkylation sites (tertiary alicyclic amines) is 2. The molecule has 184 valence electrons.